The van der Waals surface area contributed by atoms with Crippen LogP contribution >= 0.6 is 0 Å². The first-order chi connectivity index (χ1) is 8.34. The van der Waals surface area contributed by atoms with Crippen molar-refractivity contribution in [3.8, 4) is 5.75 Å². The molecule has 0 spiro atoms. The van der Waals surface area contributed by atoms with Gasteiger partial charge in [0, 0.05) is 0 Å². The van der Waals surface area contributed by atoms with Gasteiger partial charge >= 0.3 is 0 Å². The maximum absolute atomic E-state index is 12.0. The summed E-state index contributed by atoms with van der Waals surface area (Å²) in [5.41, 5.74) is 1.78. The molecule has 2 aliphatic rings. The molecule has 0 amide bonds. The van der Waals surface area contributed by atoms with Gasteiger partial charge in [-0.15, -0.1) is 0 Å². The number of rotatable bonds is 0. The Morgan fingerprint density at radius 2 is 2.00 bits per heavy atom. The first kappa shape index (κ1) is 10.1. The Kier molecular flexibility index (Phi) is 2.41. The summed E-state index contributed by atoms with van der Waals surface area (Å²) in [5.74, 6) is 1.60. The van der Waals surface area contributed by atoms with E-state index in [1.807, 2.05) is 42.5 Å². The molecule has 2 heteroatoms. The van der Waals surface area contributed by atoms with E-state index in [2.05, 4.69) is 6.08 Å². The lowest BCUT2D eigenvalue weighted by Gasteiger charge is -2.21. The van der Waals surface area contributed by atoms with Crippen LogP contribution < -0.4 is 4.74 Å². The summed E-state index contributed by atoms with van der Waals surface area (Å²) in [6, 6.07) is 7.41. The zero-order valence-corrected chi connectivity index (χ0v) is 9.35. The second-order valence-electron chi connectivity index (χ2n) is 4.14. The SMILES string of the molecule is O=C1CC(=C2C=CC=CC2)Oc2ccccc21. The van der Waals surface area contributed by atoms with Gasteiger partial charge < -0.3 is 4.74 Å². The molecular weight excluding hydrogens is 212 g/mol. The Morgan fingerprint density at radius 1 is 1.12 bits per heavy atom. The molecule has 0 atom stereocenters. The molecule has 0 saturated carbocycles. The number of allylic oxidation sites excluding steroid dienone is 6. The fraction of sp³-hybridized carbons (Fsp3) is 0.133. The van der Waals surface area contributed by atoms with Crippen molar-refractivity contribution in [3.63, 3.8) is 0 Å². The number of benzene rings is 1. The molecule has 1 heterocycles. The van der Waals surface area contributed by atoms with E-state index >= 15 is 0 Å². The number of fused-ring (bicyclic) bond motifs is 1. The number of carbonyl (C=O) groups is 1. The van der Waals surface area contributed by atoms with Crippen LogP contribution in [-0.4, -0.2) is 5.78 Å². The molecule has 1 aliphatic heterocycles. The van der Waals surface area contributed by atoms with Gasteiger partial charge in [-0.3, -0.25) is 4.79 Å². The predicted octanol–water partition coefficient (Wildman–Crippen LogP) is 3.42. The highest BCUT2D eigenvalue weighted by Gasteiger charge is 2.23. The summed E-state index contributed by atoms with van der Waals surface area (Å²) < 4.78 is 5.82. The van der Waals surface area contributed by atoms with Crippen LogP contribution in [0.5, 0.6) is 5.75 Å². The maximum Gasteiger partial charge on any atom is 0.174 e. The number of para-hydroxylation sites is 1. The van der Waals surface area contributed by atoms with Crippen LogP contribution in [0.25, 0.3) is 0 Å². The standard InChI is InChI=1S/C15H12O2/c16-13-10-15(11-6-2-1-3-7-11)17-14-9-5-4-8-12(13)14/h1-6,8-9H,7,10H2. The quantitative estimate of drug-likeness (QED) is 0.675. The van der Waals surface area contributed by atoms with E-state index in [1.54, 1.807) is 0 Å². The van der Waals surface area contributed by atoms with Crippen LogP contribution in [-0.2, 0) is 0 Å². The van der Waals surface area contributed by atoms with Crippen molar-refractivity contribution in [2.75, 3.05) is 0 Å². The van der Waals surface area contributed by atoms with Crippen LogP contribution in [0.15, 0.2) is 59.9 Å². The molecule has 17 heavy (non-hydrogen) atoms. The Labute approximate surface area is 99.9 Å². The molecule has 0 radical (unpaired) electrons. The van der Waals surface area contributed by atoms with Crippen molar-refractivity contribution < 1.29 is 9.53 Å². The molecule has 0 bridgehead atoms. The topological polar surface area (TPSA) is 26.3 Å². The van der Waals surface area contributed by atoms with Gasteiger partial charge in [0.2, 0.25) is 0 Å². The van der Waals surface area contributed by atoms with E-state index in [-0.39, 0.29) is 5.78 Å². The summed E-state index contributed by atoms with van der Waals surface area (Å²) in [5, 5.41) is 0. The van der Waals surface area contributed by atoms with Crippen molar-refractivity contribution in [1.29, 1.82) is 0 Å². The minimum absolute atomic E-state index is 0.136. The van der Waals surface area contributed by atoms with Gasteiger partial charge in [-0.1, -0.05) is 36.4 Å². The Balaban J connectivity index is 2.02. The third-order valence-corrected chi connectivity index (χ3v) is 2.98. The molecule has 0 unspecified atom stereocenters. The van der Waals surface area contributed by atoms with Gasteiger partial charge in [-0.25, -0.2) is 0 Å². The van der Waals surface area contributed by atoms with E-state index in [1.165, 1.54) is 0 Å². The minimum Gasteiger partial charge on any atom is -0.460 e. The van der Waals surface area contributed by atoms with Gasteiger partial charge in [0.25, 0.3) is 0 Å². The maximum atomic E-state index is 12.0. The average Bonchev–Trinajstić information content (AvgIpc) is 2.40. The first-order valence-corrected chi connectivity index (χ1v) is 5.70. The second kappa shape index (κ2) is 4.06. The molecule has 1 aliphatic carbocycles. The number of hydrogen-bond donors (Lipinski definition) is 0. The number of Topliss-reactive ketones (excluding diaryl/α,β-unsaturated/α-hetero) is 1. The van der Waals surface area contributed by atoms with Gasteiger partial charge in [-0.2, -0.15) is 0 Å². The van der Waals surface area contributed by atoms with Crippen LogP contribution in [0.3, 0.4) is 0 Å². The van der Waals surface area contributed by atoms with Crippen LogP contribution in [0.4, 0.5) is 0 Å². The molecule has 0 fully saturated rings. The van der Waals surface area contributed by atoms with Crippen LogP contribution in [0, 0.1) is 0 Å². The lowest BCUT2D eigenvalue weighted by atomic mass is 9.98. The zero-order chi connectivity index (χ0) is 11.7. The van der Waals surface area contributed by atoms with E-state index in [4.69, 9.17) is 4.74 Å². The zero-order valence-electron chi connectivity index (χ0n) is 9.35. The fourth-order valence-electron chi connectivity index (χ4n) is 2.10. The number of ether oxygens (including phenoxy) is 1. The largest absolute Gasteiger partial charge is 0.460 e. The molecule has 3 rings (SSSR count). The lowest BCUT2D eigenvalue weighted by Crippen LogP contribution is -2.15. The Hall–Kier alpha value is -2.09. The van der Waals surface area contributed by atoms with E-state index < -0.39 is 0 Å². The minimum atomic E-state index is 0.136. The highest BCUT2D eigenvalue weighted by molar-refractivity contribution is 6.01. The molecule has 2 nitrogen and oxygen atoms in total. The molecule has 0 saturated heterocycles. The molecule has 1 aromatic rings. The predicted molar refractivity (Wildman–Crippen MR) is 65.9 cm³/mol. The van der Waals surface area contributed by atoms with E-state index in [9.17, 15) is 4.79 Å². The lowest BCUT2D eigenvalue weighted by molar-refractivity contribution is 0.0963. The first-order valence-electron chi connectivity index (χ1n) is 5.70. The smallest absolute Gasteiger partial charge is 0.174 e. The van der Waals surface area contributed by atoms with E-state index in [0.717, 1.165) is 17.8 Å². The monoisotopic (exact) mass is 224 g/mol. The summed E-state index contributed by atoms with van der Waals surface area (Å²) in [6.45, 7) is 0. The van der Waals surface area contributed by atoms with Crippen molar-refractivity contribution in [3.05, 3.63) is 65.5 Å². The van der Waals surface area contributed by atoms with Gasteiger partial charge in [0.1, 0.15) is 11.5 Å². The number of carbonyl (C=O) groups excluding carboxylic acids is 1. The summed E-state index contributed by atoms with van der Waals surface area (Å²) in [6.07, 6.45) is 9.25. The average molecular weight is 224 g/mol. The molecule has 0 N–H and O–H groups in total. The molecular formula is C15H12O2. The number of hydrogen-bond acceptors (Lipinski definition) is 2. The fourth-order valence-corrected chi connectivity index (χ4v) is 2.10. The molecule has 0 aromatic heterocycles. The Morgan fingerprint density at radius 3 is 2.82 bits per heavy atom. The van der Waals surface area contributed by atoms with Crippen LogP contribution in [0.2, 0.25) is 0 Å². The van der Waals surface area contributed by atoms with Gasteiger partial charge in [-0.05, 0) is 24.1 Å². The van der Waals surface area contributed by atoms with Crippen molar-refractivity contribution in [2.45, 2.75) is 12.8 Å². The third-order valence-electron chi connectivity index (χ3n) is 2.98. The summed E-state index contributed by atoms with van der Waals surface area (Å²) in [4.78, 5) is 12.0. The molecule has 1 aromatic carbocycles. The second-order valence-corrected chi connectivity index (χ2v) is 4.14. The van der Waals surface area contributed by atoms with Crippen LogP contribution in [0.1, 0.15) is 23.2 Å². The summed E-state index contributed by atoms with van der Waals surface area (Å²) >= 11 is 0. The van der Waals surface area contributed by atoms with Crippen molar-refractivity contribution in [2.24, 2.45) is 0 Å². The highest BCUT2D eigenvalue weighted by Crippen LogP contribution is 2.31. The molecule has 84 valence electrons. The summed E-state index contributed by atoms with van der Waals surface area (Å²) in [7, 11) is 0. The van der Waals surface area contributed by atoms with Crippen molar-refractivity contribution >= 4 is 5.78 Å². The normalized spacial score (nSPS) is 22.2. The highest BCUT2D eigenvalue weighted by atomic mass is 16.5. The number of ketones is 1. The van der Waals surface area contributed by atoms with Crippen molar-refractivity contribution in [1.82, 2.24) is 0 Å². The van der Waals surface area contributed by atoms with Gasteiger partial charge in [0.15, 0.2) is 5.78 Å². The Bertz CT molecular complexity index is 562. The van der Waals surface area contributed by atoms with E-state index in [0.29, 0.717) is 17.7 Å². The third kappa shape index (κ3) is 1.82. The van der Waals surface area contributed by atoms with Gasteiger partial charge in [0.05, 0.1) is 12.0 Å².